The van der Waals surface area contributed by atoms with Crippen molar-refractivity contribution in [1.82, 2.24) is 4.57 Å². The first kappa shape index (κ1) is 38.2. The average molecular weight is 825 g/mol. The summed E-state index contributed by atoms with van der Waals surface area (Å²) in [5, 5.41) is 4.76. The minimum Gasteiger partial charge on any atom is -0.456 e. The van der Waals surface area contributed by atoms with Crippen LogP contribution in [0.5, 0.6) is 0 Å². The highest BCUT2D eigenvalue weighted by Crippen LogP contribution is 2.41. The van der Waals surface area contributed by atoms with E-state index in [1.807, 2.05) is 0 Å². The molecule has 8 aromatic carbocycles. The summed E-state index contributed by atoms with van der Waals surface area (Å²) >= 11 is 0. The predicted octanol–water partition coefficient (Wildman–Crippen LogP) is 16.8. The lowest BCUT2D eigenvalue weighted by Gasteiger charge is -2.22. The quantitative estimate of drug-likeness (QED) is 0.157. The van der Waals surface area contributed by atoms with Gasteiger partial charge in [-0.05, 0) is 131 Å². The number of aromatic nitrogens is 1. The van der Waals surface area contributed by atoms with Crippen molar-refractivity contribution in [2.24, 2.45) is 4.99 Å². The van der Waals surface area contributed by atoms with Gasteiger partial charge in [0.05, 0.1) is 22.4 Å². The van der Waals surface area contributed by atoms with Gasteiger partial charge in [-0.15, -0.1) is 0 Å². The van der Waals surface area contributed by atoms with Gasteiger partial charge in [0.2, 0.25) is 0 Å². The topological polar surface area (TPSA) is 30.4 Å². The maximum Gasteiger partial charge on any atom is 0.136 e. The Morgan fingerprint density at radius 3 is 2.00 bits per heavy atom. The van der Waals surface area contributed by atoms with E-state index < -0.39 is 0 Å². The zero-order valence-electron chi connectivity index (χ0n) is 35.9. The van der Waals surface area contributed by atoms with Crippen LogP contribution in [0.15, 0.2) is 210 Å². The van der Waals surface area contributed by atoms with E-state index in [2.05, 4.69) is 205 Å². The number of hydrogen-bond acceptors (Lipinski definition) is 2. The molecule has 0 spiro atoms. The van der Waals surface area contributed by atoms with Crippen LogP contribution in [-0.2, 0) is 0 Å². The number of furan rings is 1. The van der Waals surface area contributed by atoms with Crippen molar-refractivity contribution in [3.8, 4) is 27.9 Å². The van der Waals surface area contributed by atoms with Gasteiger partial charge in [0, 0.05) is 38.4 Å². The molecule has 0 atom stereocenters. The molecule has 2 aromatic heterocycles. The van der Waals surface area contributed by atoms with E-state index in [-0.39, 0.29) is 0 Å². The molecule has 1 fully saturated rings. The third kappa shape index (κ3) is 6.98. The molecule has 12 rings (SSSR count). The second-order valence-electron chi connectivity index (χ2n) is 17.6. The van der Waals surface area contributed by atoms with Crippen LogP contribution in [0.4, 0.5) is 0 Å². The Bertz CT molecular complexity index is 3450. The molecule has 10 aromatic rings. The molecule has 1 saturated carbocycles. The van der Waals surface area contributed by atoms with E-state index in [1.54, 1.807) is 0 Å². The summed E-state index contributed by atoms with van der Waals surface area (Å²) in [6.07, 6.45) is 13.1. The second-order valence-corrected chi connectivity index (χ2v) is 17.6. The molecule has 0 saturated heterocycles. The van der Waals surface area contributed by atoms with Crippen LogP contribution >= 0.6 is 0 Å². The number of benzene rings is 8. The van der Waals surface area contributed by atoms with Crippen molar-refractivity contribution in [3.63, 3.8) is 0 Å². The highest BCUT2D eigenvalue weighted by atomic mass is 16.3. The Kier molecular flexibility index (Phi) is 9.75. The Morgan fingerprint density at radius 2 is 1.17 bits per heavy atom. The minimum absolute atomic E-state index is 0.693. The summed E-state index contributed by atoms with van der Waals surface area (Å²) in [6.45, 7) is 0. The van der Waals surface area contributed by atoms with Crippen molar-refractivity contribution in [3.05, 3.63) is 222 Å². The van der Waals surface area contributed by atoms with Crippen molar-refractivity contribution in [2.45, 2.75) is 50.9 Å². The molecule has 2 aliphatic rings. The lowest BCUT2D eigenvalue weighted by molar-refractivity contribution is 0.443. The van der Waals surface area contributed by atoms with E-state index in [0.717, 1.165) is 68.4 Å². The number of fused-ring (bicyclic) bond motifs is 6. The van der Waals surface area contributed by atoms with E-state index in [1.165, 1.54) is 87.4 Å². The van der Waals surface area contributed by atoms with E-state index in [4.69, 9.17) is 9.41 Å². The van der Waals surface area contributed by atoms with Crippen LogP contribution in [-0.4, -0.2) is 10.3 Å². The lowest BCUT2D eigenvalue weighted by atomic mass is 9.84. The average Bonchev–Trinajstić information content (AvgIpc) is 3.90. The third-order valence-corrected chi connectivity index (χ3v) is 13.7. The Balaban J connectivity index is 0.922. The van der Waals surface area contributed by atoms with Gasteiger partial charge in [-0.25, -0.2) is 4.99 Å². The molecule has 0 unspecified atom stereocenters. The molecule has 0 N–H and O–H groups in total. The number of hydrogen-bond donors (Lipinski definition) is 0. The summed E-state index contributed by atoms with van der Waals surface area (Å²) < 4.78 is 9.01. The monoisotopic (exact) mass is 824 g/mol. The maximum atomic E-state index is 6.58. The number of allylic oxidation sites excluding steroid dienone is 3. The van der Waals surface area contributed by atoms with E-state index in [0.29, 0.717) is 5.92 Å². The van der Waals surface area contributed by atoms with Crippen molar-refractivity contribution in [1.29, 1.82) is 0 Å². The molecule has 0 radical (unpaired) electrons. The van der Waals surface area contributed by atoms with Crippen LogP contribution in [0.3, 0.4) is 0 Å². The number of rotatable bonds is 7. The van der Waals surface area contributed by atoms with E-state index in [9.17, 15) is 0 Å². The smallest absolute Gasteiger partial charge is 0.136 e. The zero-order chi connectivity index (χ0) is 42.4. The fourth-order valence-corrected chi connectivity index (χ4v) is 10.5. The second kappa shape index (κ2) is 16.3. The van der Waals surface area contributed by atoms with Gasteiger partial charge in [-0.2, -0.15) is 0 Å². The first-order chi connectivity index (χ1) is 31.7. The molecule has 1 aliphatic heterocycles. The lowest BCUT2D eigenvalue weighted by Crippen LogP contribution is -2.04. The van der Waals surface area contributed by atoms with Gasteiger partial charge < -0.3 is 8.98 Å². The third-order valence-electron chi connectivity index (χ3n) is 13.7. The van der Waals surface area contributed by atoms with Gasteiger partial charge in [0.25, 0.3) is 0 Å². The maximum absolute atomic E-state index is 6.58. The van der Waals surface area contributed by atoms with Gasteiger partial charge in [0.15, 0.2) is 0 Å². The van der Waals surface area contributed by atoms with Gasteiger partial charge in [-0.3, -0.25) is 0 Å². The summed E-state index contributed by atoms with van der Waals surface area (Å²) in [7, 11) is 0. The summed E-state index contributed by atoms with van der Waals surface area (Å²) in [6, 6.07) is 68.4. The summed E-state index contributed by atoms with van der Waals surface area (Å²) in [5.74, 6) is 0.693. The predicted molar refractivity (Wildman–Crippen MR) is 269 cm³/mol. The molecule has 3 heteroatoms. The molecule has 3 heterocycles. The first-order valence-electron chi connectivity index (χ1n) is 23.0. The highest BCUT2D eigenvalue weighted by Gasteiger charge is 2.19. The van der Waals surface area contributed by atoms with Crippen LogP contribution in [0.2, 0.25) is 0 Å². The SMILES string of the molecule is C1=C(c2cccc(-c3cccc4oc5ccc(-c6ccc7c(c6)c6ccccc6n7-c6ccc(C7CCCCC7)cc6)cc5c34)c2)N=C(c2ccccc2)/C=C(/c2ccccc2)CC1. The number of aliphatic imine (C=N–C) groups is 1. The fourth-order valence-electron chi connectivity index (χ4n) is 10.5. The number of nitrogens with zero attached hydrogens (tertiary/aromatic N) is 2. The van der Waals surface area contributed by atoms with Crippen LogP contribution < -0.4 is 0 Å². The summed E-state index contributed by atoms with van der Waals surface area (Å²) in [5.41, 5.74) is 18.3. The fraction of sp³-hybridized carbons (Fsp3) is 0.131. The van der Waals surface area contributed by atoms with Crippen molar-refractivity contribution in [2.75, 3.05) is 0 Å². The molecular weight excluding hydrogens is 777 g/mol. The molecule has 1 aliphatic carbocycles. The normalized spacial score (nSPS) is 15.8. The molecule has 64 heavy (non-hydrogen) atoms. The van der Waals surface area contributed by atoms with Crippen molar-refractivity contribution < 1.29 is 4.42 Å². The molecule has 0 amide bonds. The Morgan fingerprint density at radius 1 is 0.484 bits per heavy atom. The number of para-hydroxylation sites is 1. The summed E-state index contributed by atoms with van der Waals surface area (Å²) in [4.78, 5) is 5.40. The van der Waals surface area contributed by atoms with Gasteiger partial charge in [-0.1, -0.05) is 159 Å². The van der Waals surface area contributed by atoms with Crippen LogP contribution in [0.1, 0.15) is 73.1 Å². The largest absolute Gasteiger partial charge is 0.456 e. The van der Waals surface area contributed by atoms with Crippen LogP contribution in [0, 0.1) is 0 Å². The van der Waals surface area contributed by atoms with Gasteiger partial charge >= 0.3 is 0 Å². The Hall–Kier alpha value is -7.49. The van der Waals surface area contributed by atoms with Crippen LogP contribution in [0.25, 0.3) is 83.0 Å². The molecule has 3 nitrogen and oxygen atoms in total. The zero-order valence-corrected chi connectivity index (χ0v) is 35.9. The van der Waals surface area contributed by atoms with Crippen molar-refractivity contribution >= 4 is 60.7 Å². The van der Waals surface area contributed by atoms with Gasteiger partial charge in [0.1, 0.15) is 11.2 Å². The standard InChI is InChI=1S/C61H48N2O/c1-4-15-41(16-5-1)43-29-33-50(34-30-43)63-57-27-11-10-24-52(57)53-38-46(31-35-58(53)63)47-32-36-59-54(39-47)61-51(25-14-28-60(61)64-59)48-22-12-23-49(37-48)55-26-13-21-45(42-17-6-2-7-18-42)40-56(62-55)44-19-8-3-9-20-44/h2-3,6-12,14,17-20,22-41H,1,4-5,13,15-16,21H2/b45-40+,55-26?,62-56?. The first-order valence-corrected chi connectivity index (χ1v) is 23.0. The molecule has 308 valence electrons. The Labute approximate surface area is 374 Å². The molecule has 0 bridgehead atoms. The minimum atomic E-state index is 0.693. The highest BCUT2D eigenvalue weighted by molar-refractivity contribution is 6.16. The molecular formula is C61H48N2O. The van der Waals surface area contributed by atoms with E-state index >= 15 is 0 Å².